The van der Waals surface area contributed by atoms with Gasteiger partial charge >= 0.3 is 0 Å². The molecule has 1 heterocycles. The molecule has 3 rings (SSSR count). The molecule has 112 valence electrons. The SMILES string of the molecule is CCOc1nccc2ccc(NC(C)c3ccccc3)cc12. The number of hydrogen-bond donors (Lipinski definition) is 1. The quantitative estimate of drug-likeness (QED) is 0.733. The normalized spacial score (nSPS) is 12.1. The van der Waals surface area contributed by atoms with Crippen molar-refractivity contribution in [2.75, 3.05) is 11.9 Å². The second kappa shape index (κ2) is 6.48. The number of rotatable bonds is 5. The van der Waals surface area contributed by atoms with E-state index < -0.39 is 0 Å². The Morgan fingerprint density at radius 2 is 1.91 bits per heavy atom. The van der Waals surface area contributed by atoms with Crippen molar-refractivity contribution in [2.24, 2.45) is 0 Å². The molecule has 0 fully saturated rings. The number of anilines is 1. The number of hydrogen-bond acceptors (Lipinski definition) is 3. The van der Waals surface area contributed by atoms with Crippen LogP contribution in [0.15, 0.2) is 60.8 Å². The number of ether oxygens (including phenoxy) is 1. The topological polar surface area (TPSA) is 34.1 Å². The second-order valence-electron chi connectivity index (χ2n) is 5.26. The summed E-state index contributed by atoms with van der Waals surface area (Å²) >= 11 is 0. The maximum Gasteiger partial charge on any atom is 0.221 e. The van der Waals surface area contributed by atoms with Gasteiger partial charge in [0.25, 0.3) is 0 Å². The lowest BCUT2D eigenvalue weighted by Crippen LogP contribution is -2.06. The third-order valence-corrected chi connectivity index (χ3v) is 3.69. The summed E-state index contributed by atoms with van der Waals surface area (Å²) in [5, 5.41) is 5.71. The van der Waals surface area contributed by atoms with Crippen molar-refractivity contribution >= 4 is 16.5 Å². The van der Waals surface area contributed by atoms with Gasteiger partial charge in [0.15, 0.2) is 0 Å². The first-order valence-electron chi connectivity index (χ1n) is 7.61. The molecule has 0 bridgehead atoms. The highest BCUT2D eigenvalue weighted by Gasteiger charge is 2.07. The van der Waals surface area contributed by atoms with Gasteiger partial charge in [0.05, 0.1) is 6.61 Å². The molecule has 0 aliphatic heterocycles. The molecule has 0 saturated carbocycles. The van der Waals surface area contributed by atoms with Gasteiger partial charge in [-0.05, 0) is 43.0 Å². The summed E-state index contributed by atoms with van der Waals surface area (Å²) in [7, 11) is 0. The number of fused-ring (bicyclic) bond motifs is 1. The number of pyridine rings is 1. The fourth-order valence-electron chi connectivity index (χ4n) is 2.56. The van der Waals surface area contributed by atoms with Gasteiger partial charge in [-0.15, -0.1) is 0 Å². The van der Waals surface area contributed by atoms with Crippen LogP contribution in [0, 0.1) is 0 Å². The van der Waals surface area contributed by atoms with E-state index in [9.17, 15) is 0 Å². The third-order valence-electron chi connectivity index (χ3n) is 3.69. The first kappa shape index (κ1) is 14.4. The Kier molecular flexibility index (Phi) is 4.24. The van der Waals surface area contributed by atoms with E-state index in [1.165, 1.54) is 5.56 Å². The predicted octanol–water partition coefficient (Wildman–Crippen LogP) is 4.81. The molecule has 3 aromatic rings. The van der Waals surface area contributed by atoms with Crippen LogP contribution in [0.3, 0.4) is 0 Å². The average molecular weight is 292 g/mol. The predicted molar refractivity (Wildman–Crippen MR) is 91.4 cm³/mol. The Bertz CT molecular complexity index is 756. The van der Waals surface area contributed by atoms with E-state index in [1.807, 2.05) is 19.1 Å². The Morgan fingerprint density at radius 3 is 2.68 bits per heavy atom. The van der Waals surface area contributed by atoms with Gasteiger partial charge in [-0.1, -0.05) is 36.4 Å². The van der Waals surface area contributed by atoms with Gasteiger partial charge in [0, 0.05) is 23.3 Å². The Morgan fingerprint density at radius 1 is 1.09 bits per heavy atom. The lowest BCUT2D eigenvalue weighted by molar-refractivity contribution is 0.331. The zero-order chi connectivity index (χ0) is 15.4. The van der Waals surface area contributed by atoms with Crippen molar-refractivity contribution in [3.8, 4) is 5.88 Å². The minimum absolute atomic E-state index is 0.242. The fourth-order valence-corrected chi connectivity index (χ4v) is 2.56. The van der Waals surface area contributed by atoms with Crippen LogP contribution in [0.2, 0.25) is 0 Å². The number of aromatic nitrogens is 1. The zero-order valence-corrected chi connectivity index (χ0v) is 12.9. The van der Waals surface area contributed by atoms with Gasteiger partial charge in [-0.3, -0.25) is 0 Å². The lowest BCUT2D eigenvalue weighted by atomic mass is 10.1. The Labute approximate surface area is 131 Å². The van der Waals surface area contributed by atoms with Gasteiger partial charge in [0.2, 0.25) is 5.88 Å². The molecular weight excluding hydrogens is 272 g/mol. The minimum atomic E-state index is 0.242. The van der Waals surface area contributed by atoms with Crippen LogP contribution in [0.1, 0.15) is 25.5 Å². The van der Waals surface area contributed by atoms with Crippen LogP contribution < -0.4 is 10.1 Å². The summed E-state index contributed by atoms with van der Waals surface area (Å²) in [4.78, 5) is 4.33. The molecule has 22 heavy (non-hydrogen) atoms. The van der Waals surface area contributed by atoms with Gasteiger partial charge in [0.1, 0.15) is 0 Å². The molecule has 0 aliphatic carbocycles. The highest BCUT2D eigenvalue weighted by atomic mass is 16.5. The van der Waals surface area contributed by atoms with E-state index in [-0.39, 0.29) is 6.04 Å². The zero-order valence-electron chi connectivity index (χ0n) is 12.9. The van der Waals surface area contributed by atoms with Crippen molar-refractivity contribution in [3.05, 3.63) is 66.4 Å². The fraction of sp³-hybridized carbons (Fsp3) is 0.211. The maximum atomic E-state index is 5.62. The van der Waals surface area contributed by atoms with Crippen LogP contribution in [-0.4, -0.2) is 11.6 Å². The van der Waals surface area contributed by atoms with Crippen LogP contribution in [0.5, 0.6) is 5.88 Å². The van der Waals surface area contributed by atoms with Crippen LogP contribution in [-0.2, 0) is 0 Å². The van der Waals surface area contributed by atoms with Crippen LogP contribution in [0.25, 0.3) is 10.8 Å². The van der Waals surface area contributed by atoms with Crippen molar-refractivity contribution in [1.29, 1.82) is 0 Å². The monoisotopic (exact) mass is 292 g/mol. The van der Waals surface area contributed by atoms with Crippen molar-refractivity contribution in [3.63, 3.8) is 0 Å². The summed E-state index contributed by atoms with van der Waals surface area (Å²) in [5.41, 5.74) is 2.33. The number of nitrogens with zero attached hydrogens (tertiary/aromatic N) is 1. The molecule has 1 aromatic heterocycles. The largest absolute Gasteiger partial charge is 0.478 e. The number of nitrogens with one attached hydrogen (secondary N) is 1. The van der Waals surface area contributed by atoms with Crippen LogP contribution >= 0.6 is 0 Å². The molecule has 0 amide bonds. The summed E-state index contributed by atoms with van der Waals surface area (Å²) < 4.78 is 5.62. The standard InChI is InChI=1S/C19H20N2O/c1-3-22-19-18-13-17(10-9-16(18)11-12-20-19)21-14(2)15-7-5-4-6-8-15/h4-14,21H,3H2,1-2H3. The van der Waals surface area contributed by atoms with Gasteiger partial charge < -0.3 is 10.1 Å². The van der Waals surface area contributed by atoms with E-state index in [0.29, 0.717) is 12.5 Å². The molecule has 0 radical (unpaired) electrons. The summed E-state index contributed by atoms with van der Waals surface area (Å²) in [6, 6.07) is 19.0. The van der Waals surface area contributed by atoms with E-state index in [4.69, 9.17) is 4.74 Å². The summed E-state index contributed by atoms with van der Waals surface area (Å²) in [5.74, 6) is 0.691. The first-order chi connectivity index (χ1) is 10.8. The second-order valence-corrected chi connectivity index (χ2v) is 5.26. The highest BCUT2D eigenvalue weighted by molar-refractivity contribution is 5.89. The minimum Gasteiger partial charge on any atom is -0.478 e. The molecule has 1 atom stereocenters. The smallest absolute Gasteiger partial charge is 0.221 e. The van der Waals surface area contributed by atoms with Crippen LogP contribution in [0.4, 0.5) is 5.69 Å². The molecule has 0 saturated heterocycles. The highest BCUT2D eigenvalue weighted by Crippen LogP contribution is 2.28. The summed E-state index contributed by atoms with van der Waals surface area (Å²) in [6.07, 6.45) is 1.78. The first-order valence-corrected chi connectivity index (χ1v) is 7.61. The molecular formula is C19H20N2O. The van der Waals surface area contributed by atoms with E-state index in [1.54, 1.807) is 6.20 Å². The van der Waals surface area contributed by atoms with Crippen molar-refractivity contribution < 1.29 is 4.74 Å². The Hall–Kier alpha value is -2.55. The van der Waals surface area contributed by atoms with E-state index >= 15 is 0 Å². The van der Waals surface area contributed by atoms with Crippen molar-refractivity contribution in [2.45, 2.75) is 19.9 Å². The van der Waals surface area contributed by atoms with Gasteiger partial charge in [-0.25, -0.2) is 4.98 Å². The maximum absolute atomic E-state index is 5.62. The lowest BCUT2D eigenvalue weighted by Gasteiger charge is -2.16. The molecule has 0 aliphatic rings. The van der Waals surface area contributed by atoms with Gasteiger partial charge in [-0.2, -0.15) is 0 Å². The average Bonchev–Trinajstić information content (AvgIpc) is 2.56. The Balaban J connectivity index is 1.90. The molecule has 2 aromatic carbocycles. The molecule has 3 nitrogen and oxygen atoms in total. The van der Waals surface area contributed by atoms with E-state index in [0.717, 1.165) is 16.5 Å². The molecule has 3 heteroatoms. The van der Waals surface area contributed by atoms with E-state index in [2.05, 4.69) is 59.7 Å². The molecule has 0 spiro atoms. The summed E-state index contributed by atoms with van der Waals surface area (Å²) in [6.45, 7) is 4.75. The molecule has 1 unspecified atom stereocenters. The molecule has 1 N–H and O–H groups in total. The van der Waals surface area contributed by atoms with Crippen molar-refractivity contribution in [1.82, 2.24) is 4.98 Å². The number of benzene rings is 2. The third kappa shape index (κ3) is 3.03.